The molecule has 0 saturated carbocycles. The van der Waals surface area contributed by atoms with Crippen LogP contribution >= 0.6 is 11.6 Å². The number of nitrogens with zero attached hydrogens (tertiary/aromatic N) is 1. The summed E-state index contributed by atoms with van der Waals surface area (Å²) in [5.41, 5.74) is 7.05. The van der Waals surface area contributed by atoms with E-state index >= 15 is 0 Å². The maximum atomic E-state index is 12.3. The highest BCUT2D eigenvalue weighted by Crippen LogP contribution is 2.17. The third kappa shape index (κ3) is 4.71. The predicted octanol–water partition coefficient (Wildman–Crippen LogP) is 5.35. The lowest BCUT2D eigenvalue weighted by Gasteiger charge is -2.07. The van der Waals surface area contributed by atoms with Gasteiger partial charge in [-0.25, -0.2) is 0 Å². The molecule has 0 unspecified atom stereocenters. The molecular formula is C21H18ClN3O. The fraction of sp³-hybridized carbons (Fsp3) is 0.0476. The molecule has 3 aromatic rings. The molecule has 0 aromatic heterocycles. The van der Waals surface area contributed by atoms with Crippen LogP contribution in [0.15, 0.2) is 77.9 Å². The van der Waals surface area contributed by atoms with Crippen molar-refractivity contribution < 1.29 is 4.79 Å². The number of amides is 1. The van der Waals surface area contributed by atoms with Crippen LogP contribution in [-0.4, -0.2) is 12.1 Å². The topological polar surface area (TPSA) is 53.5 Å². The van der Waals surface area contributed by atoms with Crippen molar-refractivity contribution in [3.63, 3.8) is 0 Å². The van der Waals surface area contributed by atoms with E-state index in [9.17, 15) is 4.79 Å². The lowest BCUT2D eigenvalue weighted by Crippen LogP contribution is -2.12. The van der Waals surface area contributed by atoms with Gasteiger partial charge in [0.25, 0.3) is 5.91 Å². The summed E-state index contributed by atoms with van der Waals surface area (Å²) in [6.07, 6.45) is 1.70. The van der Waals surface area contributed by atoms with Crippen molar-refractivity contribution >= 4 is 35.1 Å². The maximum Gasteiger partial charge on any atom is 0.257 e. The van der Waals surface area contributed by atoms with Crippen LogP contribution in [0.2, 0.25) is 5.02 Å². The molecule has 4 nitrogen and oxygen atoms in total. The summed E-state index contributed by atoms with van der Waals surface area (Å²) in [5, 5.41) is 7.51. The Kier molecular flexibility index (Phi) is 5.66. The minimum atomic E-state index is -0.248. The number of rotatable bonds is 5. The number of anilines is 2. The normalized spacial score (nSPS) is 10.7. The van der Waals surface area contributed by atoms with Crippen LogP contribution in [0.25, 0.3) is 0 Å². The van der Waals surface area contributed by atoms with Gasteiger partial charge in [-0.3, -0.25) is 10.2 Å². The Morgan fingerprint density at radius 2 is 1.73 bits per heavy atom. The van der Waals surface area contributed by atoms with Gasteiger partial charge >= 0.3 is 0 Å². The average Bonchev–Trinajstić information content (AvgIpc) is 2.62. The molecule has 5 heteroatoms. The molecule has 3 rings (SSSR count). The number of carbonyl (C=O) groups is 1. The minimum Gasteiger partial charge on any atom is -0.322 e. The second kappa shape index (κ2) is 8.32. The van der Waals surface area contributed by atoms with Gasteiger partial charge in [0.1, 0.15) is 0 Å². The van der Waals surface area contributed by atoms with Crippen molar-refractivity contribution in [2.45, 2.75) is 6.92 Å². The van der Waals surface area contributed by atoms with Crippen LogP contribution < -0.4 is 10.7 Å². The van der Waals surface area contributed by atoms with Crippen LogP contribution in [0.3, 0.4) is 0 Å². The molecule has 0 spiro atoms. The van der Waals surface area contributed by atoms with E-state index in [1.54, 1.807) is 30.5 Å². The van der Waals surface area contributed by atoms with Crippen LogP contribution in [0, 0.1) is 6.92 Å². The number of halogens is 1. The molecule has 1 amide bonds. The monoisotopic (exact) mass is 363 g/mol. The fourth-order valence-corrected chi connectivity index (χ4v) is 2.66. The molecule has 130 valence electrons. The van der Waals surface area contributed by atoms with Crippen molar-refractivity contribution in [3.05, 3.63) is 94.5 Å². The molecule has 0 aliphatic carbocycles. The van der Waals surface area contributed by atoms with Gasteiger partial charge < -0.3 is 5.32 Å². The van der Waals surface area contributed by atoms with Crippen molar-refractivity contribution in [2.24, 2.45) is 5.10 Å². The average molecular weight is 364 g/mol. The largest absolute Gasteiger partial charge is 0.322 e. The third-order valence-electron chi connectivity index (χ3n) is 3.69. The van der Waals surface area contributed by atoms with Crippen molar-refractivity contribution in [2.75, 3.05) is 10.7 Å². The van der Waals surface area contributed by atoms with Crippen molar-refractivity contribution in [1.82, 2.24) is 0 Å². The molecule has 3 aromatic carbocycles. The van der Waals surface area contributed by atoms with Crippen LogP contribution in [-0.2, 0) is 0 Å². The number of hydrazone groups is 1. The zero-order chi connectivity index (χ0) is 18.4. The van der Waals surface area contributed by atoms with Crippen LogP contribution in [0.5, 0.6) is 0 Å². The zero-order valence-corrected chi connectivity index (χ0v) is 15.0. The number of nitrogens with one attached hydrogen (secondary N) is 2. The molecule has 0 aliphatic rings. The Labute approximate surface area is 157 Å². The van der Waals surface area contributed by atoms with Gasteiger partial charge in [-0.15, -0.1) is 0 Å². The number of aryl methyl sites for hydroxylation is 1. The first-order chi connectivity index (χ1) is 12.6. The van der Waals surface area contributed by atoms with Gasteiger partial charge in [0.15, 0.2) is 0 Å². The summed E-state index contributed by atoms with van der Waals surface area (Å²) in [6.45, 7) is 2.03. The minimum absolute atomic E-state index is 0.248. The molecule has 0 fully saturated rings. The van der Waals surface area contributed by atoms with E-state index in [1.165, 1.54) is 0 Å². The Bertz CT molecular complexity index is 953. The summed E-state index contributed by atoms with van der Waals surface area (Å²) in [7, 11) is 0. The van der Waals surface area contributed by atoms with Gasteiger partial charge in [-0.1, -0.05) is 48.0 Å². The van der Waals surface area contributed by atoms with E-state index in [1.807, 2.05) is 55.5 Å². The Morgan fingerprint density at radius 1 is 0.962 bits per heavy atom. The molecule has 0 atom stereocenters. The van der Waals surface area contributed by atoms with E-state index in [0.717, 1.165) is 16.8 Å². The highest BCUT2D eigenvalue weighted by molar-refractivity contribution is 6.34. The predicted molar refractivity (Wildman–Crippen MR) is 108 cm³/mol. The van der Waals surface area contributed by atoms with Crippen LogP contribution in [0.4, 0.5) is 11.4 Å². The van der Waals surface area contributed by atoms with E-state index in [0.29, 0.717) is 16.3 Å². The highest BCUT2D eigenvalue weighted by Gasteiger charge is 2.09. The number of hydrogen-bond acceptors (Lipinski definition) is 3. The summed E-state index contributed by atoms with van der Waals surface area (Å²) >= 11 is 6.06. The second-order valence-corrected chi connectivity index (χ2v) is 6.21. The highest BCUT2D eigenvalue weighted by atomic mass is 35.5. The smallest absolute Gasteiger partial charge is 0.257 e. The Morgan fingerprint density at radius 3 is 2.54 bits per heavy atom. The molecule has 0 saturated heterocycles. The van der Waals surface area contributed by atoms with Crippen molar-refractivity contribution in [3.8, 4) is 0 Å². The van der Waals surface area contributed by atoms with E-state index in [2.05, 4.69) is 15.8 Å². The van der Waals surface area contributed by atoms with Gasteiger partial charge in [-0.2, -0.15) is 5.10 Å². The fourth-order valence-electron chi connectivity index (χ4n) is 2.44. The molecular weight excluding hydrogens is 346 g/mol. The molecule has 0 radical (unpaired) electrons. The van der Waals surface area contributed by atoms with E-state index < -0.39 is 0 Å². The standard InChI is InChI=1S/C21H18ClN3O/c1-15-6-4-9-18(12-15)25-23-14-16-7-5-8-17(13-16)24-21(26)19-10-2-3-11-20(19)22/h2-14,25H,1H3,(H,24,26)/b23-14-. The zero-order valence-electron chi connectivity index (χ0n) is 14.2. The summed E-state index contributed by atoms with van der Waals surface area (Å²) in [5.74, 6) is -0.248. The van der Waals surface area contributed by atoms with Gasteiger partial charge in [0, 0.05) is 5.69 Å². The van der Waals surface area contributed by atoms with E-state index in [4.69, 9.17) is 11.6 Å². The molecule has 0 aliphatic heterocycles. The first-order valence-electron chi connectivity index (χ1n) is 8.13. The second-order valence-electron chi connectivity index (χ2n) is 5.80. The SMILES string of the molecule is Cc1cccc(N/N=C\c2cccc(NC(=O)c3ccccc3Cl)c2)c1. The molecule has 2 N–H and O–H groups in total. The van der Waals surface area contributed by atoms with Crippen molar-refractivity contribution in [1.29, 1.82) is 0 Å². The summed E-state index contributed by atoms with van der Waals surface area (Å²) in [4.78, 5) is 12.3. The quantitative estimate of drug-likeness (QED) is 0.474. The Hall–Kier alpha value is -3.11. The van der Waals surface area contributed by atoms with Crippen LogP contribution in [0.1, 0.15) is 21.5 Å². The number of carbonyl (C=O) groups excluding carboxylic acids is 1. The third-order valence-corrected chi connectivity index (χ3v) is 4.02. The lowest BCUT2D eigenvalue weighted by molar-refractivity contribution is 0.102. The Balaban J connectivity index is 1.67. The molecule has 26 heavy (non-hydrogen) atoms. The van der Waals surface area contributed by atoms with E-state index in [-0.39, 0.29) is 5.91 Å². The summed E-state index contributed by atoms with van der Waals surface area (Å²) < 4.78 is 0. The van der Waals surface area contributed by atoms with Gasteiger partial charge in [0.05, 0.1) is 22.5 Å². The number of hydrogen-bond donors (Lipinski definition) is 2. The molecule has 0 heterocycles. The summed E-state index contributed by atoms with van der Waals surface area (Å²) in [6, 6.07) is 22.3. The maximum absolute atomic E-state index is 12.3. The van der Waals surface area contributed by atoms with Gasteiger partial charge in [0.2, 0.25) is 0 Å². The first-order valence-corrected chi connectivity index (χ1v) is 8.51. The first kappa shape index (κ1) is 17.7. The van der Waals surface area contributed by atoms with Gasteiger partial charge in [-0.05, 0) is 54.4 Å². The number of benzene rings is 3. The lowest BCUT2D eigenvalue weighted by atomic mass is 10.2. The molecule has 0 bridgehead atoms.